The average molecular weight is 217 g/mol. The van der Waals surface area contributed by atoms with Gasteiger partial charge in [0.1, 0.15) is 0 Å². The lowest BCUT2D eigenvalue weighted by atomic mass is 9.88. The lowest BCUT2D eigenvalue weighted by molar-refractivity contribution is 0.0890. The molecule has 0 spiro atoms. The molecule has 2 nitrogen and oxygen atoms in total. The number of ether oxygens (including phenoxy) is 1. The lowest BCUT2D eigenvalue weighted by Crippen LogP contribution is -2.33. The number of rotatable bonds is 1. The number of anilines is 1. The molecule has 0 N–H and O–H groups in total. The molecule has 2 heteroatoms. The number of aryl methyl sites for hydroxylation is 1. The Morgan fingerprint density at radius 3 is 3.12 bits per heavy atom. The van der Waals surface area contributed by atoms with Gasteiger partial charge in [-0.1, -0.05) is 19.1 Å². The molecule has 1 aromatic rings. The van der Waals surface area contributed by atoms with E-state index in [0.29, 0.717) is 12.0 Å². The second-order valence-corrected chi connectivity index (χ2v) is 4.97. The van der Waals surface area contributed by atoms with Crippen molar-refractivity contribution >= 4 is 5.69 Å². The summed E-state index contributed by atoms with van der Waals surface area (Å²) >= 11 is 0. The Bertz CT molecular complexity index is 402. The third-order valence-electron chi connectivity index (χ3n) is 3.94. The van der Waals surface area contributed by atoms with Gasteiger partial charge in [0.2, 0.25) is 0 Å². The van der Waals surface area contributed by atoms with Crippen LogP contribution in [0.15, 0.2) is 18.2 Å². The molecule has 1 aromatic carbocycles. The van der Waals surface area contributed by atoms with Crippen LogP contribution >= 0.6 is 0 Å². The van der Waals surface area contributed by atoms with E-state index in [-0.39, 0.29) is 0 Å². The number of hydrogen-bond donors (Lipinski definition) is 0. The minimum absolute atomic E-state index is 0.359. The average Bonchev–Trinajstić information content (AvgIpc) is 2.76. The van der Waals surface area contributed by atoms with Crippen LogP contribution in [0.5, 0.6) is 0 Å². The largest absolute Gasteiger partial charge is 0.374 e. The van der Waals surface area contributed by atoms with E-state index in [1.807, 2.05) is 0 Å². The summed E-state index contributed by atoms with van der Waals surface area (Å²) in [6.45, 7) is 4.28. The smallest absolute Gasteiger partial charge is 0.0890 e. The van der Waals surface area contributed by atoms with E-state index in [1.165, 1.54) is 23.2 Å². The van der Waals surface area contributed by atoms with Crippen LogP contribution in [0, 0.1) is 5.92 Å². The molecule has 0 aromatic heterocycles. The predicted molar refractivity (Wildman–Crippen MR) is 65.9 cm³/mol. The standard InChI is InChI=1S/C14H19NO/c1-3-10-4-5-13-12(8-10)14-11(6-7-16-14)9-15(13)2/h4-5,8,11,14H,3,6-7,9H2,1-2H3. The van der Waals surface area contributed by atoms with Gasteiger partial charge in [-0.15, -0.1) is 0 Å². The molecule has 0 amide bonds. The monoisotopic (exact) mass is 217 g/mol. The summed E-state index contributed by atoms with van der Waals surface area (Å²) in [4.78, 5) is 2.38. The minimum atomic E-state index is 0.359. The van der Waals surface area contributed by atoms with E-state index in [1.54, 1.807) is 0 Å². The highest BCUT2D eigenvalue weighted by atomic mass is 16.5. The molecule has 0 radical (unpaired) electrons. The molecule has 2 unspecified atom stereocenters. The van der Waals surface area contributed by atoms with E-state index >= 15 is 0 Å². The van der Waals surface area contributed by atoms with Crippen molar-refractivity contribution in [3.8, 4) is 0 Å². The first-order valence-electron chi connectivity index (χ1n) is 6.25. The molecular weight excluding hydrogens is 198 g/mol. The van der Waals surface area contributed by atoms with E-state index in [9.17, 15) is 0 Å². The first-order chi connectivity index (χ1) is 7.79. The van der Waals surface area contributed by atoms with Gasteiger partial charge in [0.25, 0.3) is 0 Å². The van der Waals surface area contributed by atoms with Gasteiger partial charge in [0, 0.05) is 37.4 Å². The normalized spacial score (nSPS) is 27.8. The zero-order chi connectivity index (χ0) is 11.1. The van der Waals surface area contributed by atoms with Gasteiger partial charge in [-0.05, 0) is 24.5 Å². The molecule has 1 saturated heterocycles. The minimum Gasteiger partial charge on any atom is -0.374 e. The second-order valence-electron chi connectivity index (χ2n) is 4.97. The van der Waals surface area contributed by atoms with Gasteiger partial charge >= 0.3 is 0 Å². The van der Waals surface area contributed by atoms with Crippen LogP contribution in [0.2, 0.25) is 0 Å². The molecule has 1 fully saturated rings. The molecule has 2 atom stereocenters. The van der Waals surface area contributed by atoms with Crippen LogP contribution in [0.4, 0.5) is 5.69 Å². The highest BCUT2D eigenvalue weighted by molar-refractivity contribution is 5.58. The molecule has 2 aliphatic heterocycles. The number of nitrogens with zero attached hydrogens (tertiary/aromatic N) is 1. The maximum absolute atomic E-state index is 5.90. The molecule has 2 heterocycles. The summed E-state index contributed by atoms with van der Waals surface area (Å²) in [5.74, 6) is 0.699. The summed E-state index contributed by atoms with van der Waals surface area (Å²) in [6.07, 6.45) is 2.68. The summed E-state index contributed by atoms with van der Waals surface area (Å²) in [7, 11) is 2.19. The van der Waals surface area contributed by atoms with Crippen molar-refractivity contribution in [3.05, 3.63) is 29.3 Å². The summed E-state index contributed by atoms with van der Waals surface area (Å²) in [6, 6.07) is 6.84. The van der Waals surface area contributed by atoms with Crippen molar-refractivity contribution in [2.45, 2.75) is 25.9 Å². The Balaban J connectivity index is 2.07. The van der Waals surface area contributed by atoms with Crippen LogP contribution in [0.1, 0.15) is 30.6 Å². The Kier molecular flexibility index (Phi) is 2.40. The highest BCUT2D eigenvalue weighted by Gasteiger charge is 2.36. The topological polar surface area (TPSA) is 12.5 Å². The molecule has 86 valence electrons. The van der Waals surface area contributed by atoms with Crippen LogP contribution in [0.25, 0.3) is 0 Å². The van der Waals surface area contributed by atoms with Crippen LogP contribution in [-0.2, 0) is 11.2 Å². The van der Waals surface area contributed by atoms with Crippen molar-refractivity contribution < 1.29 is 4.74 Å². The first-order valence-corrected chi connectivity index (χ1v) is 6.25. The van der Waals surface area contributed by atoms with Gasteiger partial charge in [0.05, 0.1) is 6.10 Å². The SMILES string of the molecule is CCc1ccc2c(c1)C1OCCC1CN2C. The van der Waals surface area contributed by atoms with E-state index in [0.717, 1.165) is 19.6 Å². The third kappa shape index (κ3) is 1.44. The van der Waals surface area contributed by atoms with Crippen molar-refractivity contribution in [2.24, 2.45) is 5.92 Å². The van der Waals surface area contributed by atoms with Gasteiger partial charge in [-0.2, -0.15) is 0 Å². The van der Waals surface area contributed by atoms with E-state index < -0.39 is 0 Å². The van der Waals surface area contributed by atoms with Crippen LogP contribution in [-0.4, -0.2) is 20.2 Å². The summed E-state index contributed by atoms with van der Waals surface area (Å²) in [5, 5.41) is 0. The van der Waals surface area contributed by atoms with Gasteiger partial charge in [-0.25, -0.2) is 0 Å². The number of hydrogen-bond acceptors (Lipinski definition) is 2. The molecule has 0 bridgehead atoms. The van der Waals surface area contributed by atoms with Crippen molar-refractivity contribution in [2.75, 3.05) is 25.1 Å². The quantitative estimate of drug-likeness (QED) is 0.717. The number of benzene rings is 1. The maximum Gasteiger partial charge on any atom is 0.0890 e. The predicted octanol–water partition coefficient (Wildman–Crippen LogP) is 2.78. The molecule has 0 saturated carbocycles. The molecule has 16 heavy (non-hydrogen) atoms. The number of fused-ring (bicyclic) bond motifs is 3. The highest BCUT2D eigenvalue weighted by Crippen LogP contribution is 2.43. The lowest BCUT2D eigenvalue weighted by Gasteiger charge is -2.35. The Morgan fingerprint density at radius 2 is 2.31 bits per heavy atom. The zero-order valence-corrected chi connectivity index (χ0v) is 10.1. The molecular formula is C14H19NO. The van der Waals surface area contributed by atoms with Gasteiger partial charge < -0.3 is 9.64 Å². The molecule has 0 aliphatic carbocycles. The van der Waals surface area contributed by atoms with Crippen LogP contribution in [0.3, 0.4) is 0 Å². The first kappa shape index (κ1) is 10.2. The zero-order valence-electron chi connectivity index (χ0n) is 10.1. The fourth-order valence-corrected chi connectivity index (χ4v) is 3.01. The Hall–Kier alpha value is -1.02. The fourth-order valence-electron chi connectivity index (χ4n) is 3.01. The van der Waals surface area contributed by atoms with Gasteiger partial charge in [0.15, 0.2) is 0 Å². The maximum atomic E-state index is 5.90. The third-order valence-corrected chi connectivity index (χ3v) is 3.94. The van der Waals surface area contributed by atoms with E-state index in [4.69, 9.17) is 4.74 Å². The van der Waals surface area contributed by atoms with Gasteiger partial charge in [-0.3, -0.25) is 0 Å². The van der Waals surface area contributed by atoms with Crippen LogP contribution < -0.4 is 4.90 Å². The Labute approximate surface area is 97.2 Å². The molecule has 3 rings (SSSR count). The van der Waals surface area contributed by atoms with E-state index in [2.05, 4.69) is 37.1 Å². The summed E-state index contributed by atoms with van der Waals surface area (Å²) < 4.78 is 5.90. The second kappa shape index (κ2) is 3.77. The van der Waals surface area contributed by atoms with Crippen molar-refractivity contribution in [1.82, 2.24) is 0 Å². The Morgan fingerprint density at radius 1 is 1.44 bits per heavy atom. The molecule has 2 aliphatic rings. The van der Waals surface area contributed by atoms with Crippen molar-refractivity contribution in [3.63, 3.8) is 0 Å². The fraction of sp³-hybridized carbons (Fsp3) is 0.571. The van der Waals surface area contributed by atoms with Crippen molar-refractivity contribution in [1.29, 1.82) is 0 Å². The summed E-state index contributed by atoms with van der Waals surface area (Å²) in [5.41, 5.74) is 4.19.